The molecule has 0 radical (unpaired) electrons. The summed E-state index contributed by atoms with van der Waals surface area (Å²) in [6.07, 6.45) is 6.05. The molecule has 2 heterocycles. The van der Waals surface area contributed by atoms with Gasteiger partial charge in [0, 0.05) is 18.6 Å². The summed E-state index contributed by atoms with van der Waals surface area (Å²) in [5.41, 5.74) is 2.07. The molecule has 0 saturated heterocycles. The van der Waals surface area contributed by atoms with Crippen molar-refractivity contribution >= 4 is 35.4 Å². The monoisotopic (exact) mass is 332 g/mol. The number of halogens is 2. The molecule has 22 heavy (non-hydrogen) atoms. The minimum absolute atomic E-state index is 0.0670. The number of guanidine groups is 1. The Morgan fingerprint density at radius 3 is 2.68 bits per heavy atom. The zero-order valence-electron chi connectivity index (χ0n) is 11.7. The molecule has 0 saturated carbocycles. The summed E-state index contributed by atoms with van der Waals surface area (Å²) in [5, 5.41) is 4.43. The van der Waals surface area contributed by atoms with Gasteiger partial charge in [-0.15, -0.1) is 0 Å². The van der Waals surface area contributed by atoms with Crippen molar-refractivity contribution in [2.75, 3.05) is 6.54 Å². The molecule has 1 aliphatic heterocycles. The van der Waals surface area contributed by atoms with Crippen molar-refractivity contribution in [3.05, 3.63) is 63.9 Å². The minimum Gasteiger partial charge on any atom is -0.347 e. The number of benzene rings is 1. The van der Waals surface area contributed by atoms with Crippen LogP contribution in [0.3, 0.4) is 0 Å². The molecule has 4 nitrogen and oxygen atoms in total. The average molecular weight is 333 g/mol. The fraction of sp³-hybridized carbons (Fsp3) is 0.188. The van der Waals surface area contributed by atoms with Crippen molar-refractivity contribution in [3.63, 3.8) is 0 Å². The Balaban J connectivity index is 1.91. The lowest BCUT2D eigenvalue weighted by atomic mass is 9.99. The van der Waals surface area contributed by atoms with Gasteiger partial charge in [-0.1, -0.05) is 35.3 Å². The highest BCUT2D eigenvalue weighted by Crippen LogP contribution is 2.31. The Hall–Kier alpha value is -1.91. The Labute approximate surface area is 138 Å². The molecule has 1 unspecified atom stereocenters. The van der Waals surface area contributed by atoms with Crippen LogP contribution < -0.4 is 5.32 Å². The first-order valence-electron chi connectivity index (χ1n) is 6.90. The van der Waals surface area contributed by atoms with E-state index in [-0.39, 0.29) is 6.04 Å². The van der Waals surface area contributed by atoms with Gasteiger partial charge in [0.1, 0.15) is 0 Å². The summed E-state index contributed by atoms with van der Waals surface area (Å²) in [6.45, 7) is 0.605. The molecule has 3 rings (SSSR count). The number of nitrogens with one attached hydrogen (secondary N) is 1. The lowest BCUT2D eigenvalue weighted by molar-refractivity contribution is 0.640. The van der Waals surface area contributed by atoms with Gasteiger partial charge in [0.2, 0.25) is 5.96 Å². The fourth-order valence-electron chi connectivity index (χ4n) is 2.32. The summed E-state index contributed by atoms with van der Waals surface area (Å²) in [6, 6.07) is 9.53. The van der Waals surface area contributed by atoms with Gasteiger partial charge in [-0.2, -0.15) is 0 Å². The highest BCUT2D eigenvalue weighted by molar-refractivity contribution is 6.42. The molecule has 1 atom stereocenters. The number of aliphatic imine (C=N–C) groups is 2. The second-order valence-electron chi connectivity index (χ2n) is 4.88. The first kappa shape index (κ1) is 15.0. The Kier molecular flexibility index (Phi) is 4.71. The van der Waals surface area contributed by atoms with E-state index in [1.165, 1.54) is 0 Å². The van der Waals surface area contributed by atoms with Crippen LogP contribution >= 0.6 is 23.2 Å². The van der Waals surface area contributed by atoms with Gasteiger partial charge >= 0.3 is 0 Å². The Morgan fingerprint density at radius 2 is 1.95 bits per heavy atom. The predicted octanol–water partition coefficient (Wildman–Crippen LogP) is 3.70. The normalized spacial score (nSPS) is 14.7. The van der Waals surface area contributed by atoms with Gasteiger partial charge in [-0.05, 0) is 35.7 Å². The zero-order valence-corrected chi connectivity index (χ0v) is 13.2. The number of hydrogen-bond acceptors (Lipinski definition) is 4. The molecular weight excluding hydrogens is 319 g/mol. The molecule has 0 bridgehead atoms. The van der Waals surface area contributed by atoms with E-state index in [9.17, 15) is 0 Å². The lowest BCUT2D eigenvalue weighted by Gasteiger charge is -2.21. The maximum atomic E-state index is 6.38. The molecule has 0 amide bonds. The molecule has 0 fully saturated rings. The fourth-order valence-corrected chi connectivity index (χ4v) is 2.76. The van der Waals surface area contributed by atoms with Crippen molar-refractivity contribution in [2.24, 2.45) is 9.98 Å². The molecule has 1 aliphatic rings. The second kappa shape index (κ2) is 6.90. The van der Waals surface area contributed by atoms with Crippen LogP contribution in [0.5, 0.6) is 0 Å². The van der Waals surface area contributed by atoms with Gasteiger partial charge < -0.3 is 5.32 Å². The van der Waals surface area contributed by atoms with E-state index in [1.54, 1.807) is 24.7 Å². The molecule has 6 heteroatoms. The number of nitrogens with zero attached hydrogens (tertiary/aromatic N) is 3. The van der Waals surface area contributed by atoms with E-state index in [0.717, 1.165) is 17.5 Å². The van der Waals surface area contributed by atoms with Gasteiger partial charge in [-0.3, -0.25) is 4.98 Å². The summed E-state index contributed by atoms with van der Waals surface area (Å²) >= 11 is 12.5. The van der Waals surface area contributed by atoms with Crippen LogP contribution in [-0.4, -0.2) is 23.7 Å². The summed E-state index contributed by atoms with van der Waals surface area (Å²) in [7, 11) is 0. The molecule has 1 aromatic carbocycles. The van der Waals surface area contributed by atoms with Crippen LogP contribution in [0.25, 0.3) is 0 Å². The quantitative estimate of drug-likeness (QED) is 0.927. The van der Waals surface area contributed by atoms with E-state index in [0.29, 0.717) is 22.5 Å². The Morgan fingerprint density at radius 1 is 1.14 bits per heavy atom. The van der Waals surface area contributed by atoms with Crippen molar-refractivity contribution in [1.82, 2.24) is 10.3 Å². The van der Waals surface area contributed by atoms with Gasteiger partial charge in [0.15, 0.2) is 0 Å². The van der Waals surface area contributed by atoms with Crippen molar-refractivity contribution in [3.8, 4) is 0 Å². The molecule has 1 N–H and O–H groups in total. The lowest BCUT2D eigenvalue weighted by Crippen LogP contribution is -2.28. The number of rotatable bonds is 4. The third-order valence-electron chi connectivity index (χ3n) is 3.39. The van der Waals surface area contributed by atoms with Crippen molar-refractivity contribution in [2.45, 2.75) is 12.5 Å². The van der Waals surface area contributed by atoms with Crippen LogP contribution in [0, 0.1) is 0 Å². The molecule has 0 spiro atoms. The van der Waals surface area contributed by atoms with Crippen LogP contribution in [0.1, 0.15) is 17.2 Å². The highest BCUT2D eigenvalue weighted by Gasteiger charge is 2.19. The van der Waals surface area contributed by atoms with Crippen LogP contribution in [0.15, 0.2) is 52.7 Å². The number of pyridine rings is 1. The van der Waals surface area contributed by atoms with Gasteiger partial charge in [0.05, 0.1) is 22.6 Å². The molecular formula is C16H14Cl2N4. The van der Waals surface area contributed by atoms with Crippen LogP contribution in [0.4, 0.5) is 0 Å². The minimum atomic E-state index is -0.0670. The maximum Gasteiger partial charge on any atom is 0.218 e. The highest BCUT2D eigenvalue weighted by atomic mass is 35.5. The smallest absolute Gasteiger partial charge is 0.218 e. The standard InChI is InChI=1S/C16H14Cl2N4/c17-13-3-1-2-12(15(13)18)14(22-16-20-8-9-21-16)10-11-4-6-19-7-5-11/h1-8,14H,9-10H2,(H,21,22). The average Bonchev–Trinajstić information content (AvgIpc) is 3.03. The number of hydrogen-bond donors (Lipinski definition) is 1. The van der Waals surface area contributed by atoms with Crippen molar-refractivity contribution in [1.29, 1.82) is 0 Å². The van der Waals surface area contributed by atoms with Crippen LogP contribution in [0.2, 0.25) is 10.0 Å². The largest absolute Gasteiger partial charge is 0.347 e. The third-order valence-corrected chi connectivity index (χ3v) is 4.22. The Bertz CT molecular complexity index is 713. The van der Waals surface area contributed by atoms with Crippen LogP contribution in [-0.2, 0) is 6.42 Å². The first-order chi connectivity index (χ1) is 10.7. The van der Waals surface area contributed by atoms with Crippen molar-refractivity contribution < 1.29 is 0 Å². The summed E-state index contributed by atoms with van der Waals surface area (Å²) < 4.78 is 0. The predicted molar refractivity (Wildman–Crippen MR) is 91.1 cm³/mol. The van der Waals surface area contributed by atoms with E-state index in [2.05, 4.69) is 20.3 Å². The SMILES string of the molecule is Clc1cccc(C(Cc2ccncc2)NC2=NCC=N2)c1Cl. The third kappa shape index (κ3) is 3.46. The number of aromatic nitrogens is 1. The van der Waals surface area contributed by atoms with E-state index >= 15 is 0 Å². The summed E-state index contributed by atoms with van der Waals surface area (Å²) in [5.74, 6) is 0.620. The molecule has 1 aromatic heterocycles. The molecule has 112 valence electrons. The van der Waals surface area contributed by atoms with E-state index < -0.39 is 0 Å². The summed E-state index contributed by atoms with van der Waals surface area (Å²) in [4.78, 5) is 12.6. The zero-order chi connectivity index (χ0) is 15.4. The maximum absolute atomic E-state index is 6.38. The van der Waals surface area contributed by atoms with E-state index in [1.807, 2.05) is 24.3 Å². The molecule has 2 aromatic rings. The second-order valence-corrected chi connectivity index (χ2v) is 5.66. The van der Waals surface area contributed by atoms with Gasteiger partial charge in [0.25, 0.3) is 0 Å². The van der Waals surface area contributed by atoms with Gasteiger partial charge in [-0.25, -0.2) is 9.98 Å². The first-order valence-corrected chi connectivity index (χ1v) is 7.66. The van der Waals surface area contributed by atoms with E-state index in [4.69, 9.17) is 23.2 Å². The topological polar surface area (TPSA) is 49.6 Å². The molecule has 0 aliphatic carbocycles.